The molecule has 1 saturated carbocycles. The molecule has 3 rings (SSSR count). The first-order chi connectivity index (χ1) is 9.74. The highest BCUT2D eigenvalue weighted by atomic mass is 16.7. The molecule has 1 aromatic carbocycles. The summed E-state index contributed by atoms with van der Waals surface area (Å²) < 4.78 is 0. The van der Waals surface area contributed by atoms with Crippen molar-refractivity contribution >= 4 is 16.7 Å². The molecule has 0 radical (unpaired) electrons. The number of non-ortho nitro benzene ring substituents is 1. The number of benzene rings is 1. The quantitative estimate of drug-likeness (QED) is 0.488. The van der Waals surface area contributed by atoms with Crippen LogP contribution in [0.1, 0.15) is 38.5 Å². The maximum atomic E-state index is 10.8. The molecular formula is C13H16N4O3. The van der Waals surface area contributed by atoms with Crippen LogP contribution in [-0.2, 0) is 0 Å². The molecule has 0 amide bonds. The molecule has 1 aliphatic rings. The lowest BCUT2D eigenvalue weighted by atomic mass is 10.2. The molecule has 0 spiro atoms. The van der Waals surface area contributed by atoms with Crippen molar-refractivity contribution < 1.29 is 9.76 Å². The van der Waals surface area contributed by atoms with Crippen LogP contribution in [0.2, 0.25) is 0 Å². The molecule has 0 saturated heterocycles. The average molecular weight is 276 g/mol. The first-order valence-electron chi connectivity index (χ1n) is 6.91. The molecule has 1 fully saturated rings. The van der Waals surface area contributed by atoms with Crippen LogP contribution in [0, 0.1) is 10.1 Å². The van der Waals surface area contributed by atoms with Crippen molar-refractivity contribution in [1.29, 1.82) is 0 Å². The predicted octanol–water partition coefficient (Wildman–Crippen LogP) is 2.49. The zero-order valence-corrected chi connectivity index (χ0v) is 11.1. The van der Waals surface area contributed by atoms with Crippen molar-refractivity contribution in [3.63, 3.8) is 0 Å². The first-order valence-corrected chi connectivity index (χ1v) is 6.91. The lowest BCUT2D eigenvalue weighted by Gasteiger charge is -2.15. The van der Waals surface area contributed by atoms with Gasteiger partial charge in [0.25, 0.3) is 5.69 Å². The summed E-state index contributed by atoms with van der Waals surface area (Å²) in [5.41, 5.74) is 1.16. The van der Waals surface area contributed by atoms with Gasteiger partial charge >= 0.3 is 0 Å². The number of aromatic nitrogens is 3. The number of fused-ring (bicyclic) bond motifs is 1. The van der Waals surface area contributed by atoms with Crippen LogP contribution in [0.5, 0.6) is 0 Å². The standard InChI is InChI=1S/C13H16N4O3/c18-17(19)10-7-8-12-13(9-10)16(15-14-12)20-11-5-3-1-2-4-6-11/h7-9,11H,1-6H2. The number of nitro benzene ring substituents is 1. The maximum absolute atomic E-state index is 10.8. The number of nitrogens with zero attached hydrogens (tertiary/aromatic N) is 4. The Bertz CT molecular complexity index is 617. The monoisotopic (exact) mass is 276 g/mol. The Morgan fingerprint density at radius 1 is 1.25 bits per heavy atom. The lowest BCUT2D eigenvalue weighted by Crippen LogP contribution is -2.25. The van der Waals surface area contributed by atoms with Gasteiger partial charge in [0.2, 0.25) is 0 Å². The fourth-order valence-corrected chi connectivity index (χ4v) is 2.57. The molecule has 0 bridgehead atoms. The molecule has 2 aromatic rings. The van der Waals surface area contributed by atoms with Crippen LogP contribution in [-0.4, -0.2) is 26.2 Å². The van der Waals surface area contributed by atoms with E-state index in [1.165, 1.54) is 29.8 Å². The molecule has 1 aliphatic carbocycles. The zero-order valence-electron chi connectivity index (χ0n) is 11.1. The van der Waals surface area contributed by atoms with Crippen LogP contribution >= 0.6 is 0 Å². The molecule has 106 valence electrons. The highest BCUT2D eigenvalue weighted by Gasteiger charge is 2.17. The molecule has 7 nitrogen and oxygen atoms in total. The summed E-state index contributed by atoms with van der Waals surface area (Å²) in [6.07, 6.45) is 6.88. The average Bonchev–Trinajstić information content (AvgIpc) is 2.66. The van der Waals surface area contributed by atoms with Gasteiger partial charge in [-0.25, -0.2) is 0 Å². The minimum atomic E-state index is -0.428. The summed E-state index contributed by atoms with van der Waals surface area (Å²) in [6.45, 7) is 0. The van der Waals surface area contributed by atoms with E-state index in [1.807, 2.05) is 0 Å². The van der Waals surface area contributed by atoms with Crippen molar-refractivity contribution in [3.8, 4) is 0 Å². The summed E-state index contributed by atoms with van der Waals surface area (Å²) >= 11 is 0. The van der Waals surface area contributed by atoms with Crippen molar-refractivity contribution in [2.45, 2.75) is 44.6 Å². The van der Waals surface area contributed by atoms with E-state index < -0.39 is 4.92 Å². The lowest BCUT2D eigenvalue weighted by molar-refractivity contribution is -0.384. The Morgan fingerprint density at radius 3 is 2.70 bits per heavy atom. The molecule has 1 aromatic heterocycles. The van der Waals surface area contributed by atoms with Crippen LogP contribution in [0.25, 0.3) is 11.0 Å². The number of nitro groups is 1. The van der Waals surface area contributed by atoms with Gasteiger partial charge in [0, 0.05) is 12.1 Å². The molecule has 0 N–H and O–H groups in total. The predicted molar refractivity (Wildman–Crippen MR) is 72.3 cm³/mol. The second-order valence-corrected chi connectivity index (χ2v) is 5.11. The first kappa shape index (κ1) is 12.8. The van der Waals surface area contributed by atoms with Gasteiger partial charge in [0.1, 0.15) is 17.1 Å². The maximum Gasteiger partial charge on any atom is 0.271 e. The van der Waals surface area contributed by atoms with Crippen LogP contribution in [0.3, 0.4) is 0 Å². The van der Waals surface area contributed by atoms with E-state index in [-0.39, 0.29) is 11.8 Å². The SMILES string of the molecule is O=[N+]([O-])c1ccc2nnn(OC3CCCCCC3)c2c1. The van der Waals surface area contributed by atoms with Gasteiger partial charge in [-0.1, -0.05) is 17.7 Å². The fourth-order valence-electron chi connectivity index (χ4n) is 2.57. The number of rotatable bonds is 3. The summed E-state index contributed by atoms with van der Waals surface area (Å²) in [5.74, 6) is 0. The van der Waals surface area contributed by atoms with Gasteiger partial charge in [-0.3, -0.25) is 10.1 Å². The molecule has 0 aliphatic heterocycles. The molecule has 0 atom stereocenters. The van der Waals surface area contributed by atoms with Gasteiger partial charge in [0.05, 0.1) is 4.92 Å². The summed E-state index contributed by atoms with van der Waals surface area (Å²) in [7, 11) is 0. The highest BCUT2D eigenvalue weighted by molar-refractivity contribution is 5.76. The third-order valence-electron chi connectivity index (χ3n) is 3.66. The van der Waals surface area contributed by atoms with Gasteiger partial charge in [-0.15, -0.1) is 5.10 Å². The van der Waals surface area contributed by atoms with E-state index in [9.17, 15) is 10.1 Å². The van der Waals surface area contributed by atoms with Crippen LogP contribution < -0.4 is 4.84 Å². The molecule has 7 heteroatoms. The highest BCUT2D eigenvalue weighted by Crippen LogP contribution is 2.21. The summed E-state index contributed by atoms with van der Waals surface area (Å²) in [4.78, 5) is 17.6. The van der Waals surface area contributed by atoms with Gasteiger partial charge in [0.15, 0.2) is 0 Å². The van der Waals surface area contributed by atoms with E-state index in [0.29, 0.717) is 11.0 Å². The van der Waals surface area contributed by atoms with Gasteiger partial charge < -0.3 is 4.84 Å². The third kappa shape index (κ3) is 2.56. The van der Waals surface area contributed by atoms with E-state index in [0.717, 1.165) is 25.7 Å². The minimum absolute atomic E-state index is 0.0190. The van der Waals surface area contributed by atoms with Crippen molar-refractivity contribution in [1.82, 2.24) is 15.2 Å². The molecule has 0 unspecified atom stereocenters. The normalized spacial score (nSPS) is 17.0. The Morgan fingerprint density at radius 2 is 2.00 bits per heavy atom. The smallest absolute Gasteiger partial charge is 0.271 e. The number of hydrogen-bond donors (Lipinski definition) is 0. The zero-order chi connectivity index (χ0) is 13.9. The largest absolute Gasteiger partial charge is 0.392 e. The molecular weight excluding hydrogens is 260 g/mol. The third-order valence-corrected chi connectivity index (χ3v) is 3.66. The second kappa shape index (κ2) is 5.44. The molecule has 20 heavy (non-hydrogen) atoms. The van der Waals surface area contributed by atoms with Gasteiger partial charge in [-0.2, -0.15) is 0 Å². The molecule has 1 heterocycles. The van der Waals surface area contributed by atoms with E-state index >= 15 is 0 Å². The van der Waals surface area contributed by atoms with E-state index in [4.69, 9.17) is 4.84 Å². The Labute approximate surface area is 115 Å². The van der Waals surface area contributed by atoms with E-state index in [2.05, 4.69) is 10.3 Å². The Hall–Kier alpha value is -2.18. The van der Waals surface area contributed by atoms with Crippen molar-refractivity contribution in [2.75, 3.05) is 0 Å². The van der Waals surface area contributed by atoms with Gasteiger partial charge in [-0.05, 0) is 37.0 Å². The Balaban J connectivity index is 1.86. The van der Waals surface area contributed by atoms with Crippen LogP contribution in [0.15, 0.2) is 18.2 Å². The van der Waals surface area contributed by atoms with E-state index in [1.54, 1.807) is 6.07 Å². The van der Waals surface area contributed by atoms with Crippen molar-refractivity contribution in [2.24, 2.45) is 0 Å². The summed E-state index contributed by atoms with van der Waals surface area (Å²) in [5, 5.41) is 18.7. The second-order valence-electron chi connectivity index (χ2n) is 5.11. The number of hydrogen-bond acceptors (Lipinski definition) is 5. The topological polar surface area (TPSA) is 83.1 Å². The minimum Gasteiger partial charge on any atom is -0.392 e. The Kier molecular flexibility index (Phi) is 3.49. The summed E-state index contributed by atoms with van der Waals surface area (Å²) in [6, 6.07) is 4.46. The van der Waals surface area contributed by atoms with Crippen molar-refractivity contribution in [3.05, 3.63) is 28.3 Å². The van der Waals surface area contributed by atoms with Crippen LogP contribution in [0.4, 0.5) is 5.69 Å². The fraction of sp³-hybridized carbons (Fsp3) is 0.538.